The van der Waals surface area contributed by atoms with E-state index in [1.807, 2.05) is 38.1 Å². The SMILES string of the molecule is Cc1ccccc1N1CC[NH+](CC(=O)N2c3ccccc3NC(=O)C2(C)C)CC1. The minimum Gasteiger partial charge on any atom is -0.360 e. The predicted octanol–water partition coefficient (Wildman–Crippen LogP) is 1.46. The largest absolute Gasteiger partial charge is 0.360 e. The van der Waals surface area contributed by atoms with E-state index in [0.29, 0.717) is 12.2 Å². The van der Waals surface area contributed by atoms with Gasteiger partial charge in [0, 0.05) is 5.69 Å². The quantitative estimate of drug-likeness (QED) is 0.830. The molecular weight excluding hydrogens is 364 g/mol. The summed E-state index contributed by atoms with van der Waals surface area (Å²) in [7, 11) is 0. The third kappa shape index (κ3) is 3.60. The normalized spacial score (nSPS) is 18.9. The van der Waals surface area contributed by atoms with E-state index in [2.05, 4.69) is 41.4 Å². The Labute approximate surface area is 172 Å². The van der Waals surface area contributed by atoms with Gasteiger partial charge in [-0.05, 0) is 44.5 Å². The second kappa shape index (κ2) is 7.52. The summed E-state index contributed by atoms with van der Waals surface area (Å²) in [4.78, 5) is 31.3. The number of benzene rings is 2. The number of amides is 2. The van der Waals surface area contributed by atoms with Crippen LogP contribution in [0.25, 0.3) is 0 Å². The maximum atomic E-state index is 13.3. The molecule has 2 aromatic rings. The lowest BCUT2D eigenvalue weighted by molar-refractivity contribution is -0.892. The lowest BCUT2D eigenvalue weighted by Crippen LogP contribution is -3.16. The second-order valence-electron chi connectivity index (χ2n) is 8.46. The van der Waals surface area contributed by atoms with Crippen LogP contribution >= 0.6 is 0 Å². The van der Waals surface area contributed by atoms with Crippen molar-refractivity contribution in [2.75, 3.05) is 47.8 Å². The molecule has 4 rings (SSSR count). The maximum absolute atomic E-state index is 13.3. The third-order valence-electron chi connectivity index (χ3n) is 6.09. The highest BCUT2D eigenvalue weighted by molar-refractivity contribution is 6.14. The monoisotopic (exact) mass is 393 g/mol. The molecule has 0 spiro atoms. The van der Waals surface area contributed by atoms with E-state index in [-0.39, 0.29) is 11.8 Å². The Balaban J connectivity index is 1.46. The summed E-state index contributed by atoms with van der Waals surface area (Å²) in [6.45, 7) is 9.81. The lowest BCUT2D eigenvalue weighted by atomic mass is 9.96. The zero-order valence-electron chi connectivity index (χ0n) is 17.4. The van der Waals surface area contributed by atoms with Crippen LogP contribution in [0, 0.1) is 6.92 Å². The topological polar surface area (TPSA) is 57.1 Å². The lowest BCUT2D eigenvalue weighted by Gasteiger charge is -2.42. The predicted molar refractivity (Wildman–Crippen MR) is 116 cm³/mol. The number of hydrogen-bond donors (Lipinski definition) is 2. The number of aryl methyl sites for hydroxylation is 1. The molecule has 0 atom stereocenters. The first-order valence-corrected chi connectivity index (χ1v) is 10.3. The number of carbonyl (C=O) groups is 2. The molecule has 2 aliphatic heterocycles. The number of hydrogen-bond acceptors (Lipinski definition) is 3. The zero-order chi connectivity index (χ0) is 20.6. The van der Waals surface area contributed by atoms with Gasteiger partial charge in [0.05, 0.1) is 37.6 Å². The molecule has 6 nitrogen and oxygen atoms in total. The number of fused-ring (bicyclic) bond motifs is 1. The molecule has 2 aliphatic rings. The molecular formula is C23H29N4O2+. The van der Waals surface area contributed by atoms with Crippen LogP contribution in [-0.4, -0.2) is 50.1 Å². The van der Waals surface area contributed by atoms with Gasteiger partial charge in [0.15, 0.2) is 6.54 Å². The van der Waals surface area contributed by atoms with Gasteiger partial charge in [-0.15, -0.1) is 0 Å². The molecule has 29 heavy (non-hydrogen) atoms. The summed E-state index contributed by atoms with van der Waals surface area (Å²) >= 11 is 0. The van der Waals surface area contributed by atoms with E-state index in [9.17, 15) is 9.59 Å². The zero-order valence-corrected chi connectivity index (χ0v) is 17.4. The molecule has 0 aliphatic carbocycles. The Morgan fingerprint density at radius 3 is 2.34 bits per heavy atom. The number of nitrogens with one attached hydrogen (secondary N) is 2. The summed E-state index contributed by atoms with van der Waals surface area (Å²) < 4.78 is 0. The molecule has 0 aromatic heterocycles. The Hall–Kier alpha value is -2.86. The van der Waals surface area contributed by atoms with E-state index in [4.69, 9.17) is 0 Å². The fourth-order valence-corrected chi connectivity index (χ4v) is 4.35. The van der Waals surface area contributed by atoms with Crippen LogP contribution in [0.1, 0.15) is 19.4 Å². The molecule has 0 radical (unpaired) electrons. The molecule has 2 amide bonds. The fraction of sp³-hybridized carbons (Fsp3) is 0.391. The Kier molecular flexibility index (Phi) is 5.04. The molecule has 2 heterocycles. The average molecular weight is 394 g/mol. The highest BCUT2D eigenvalue weighted by Gasteiger charge is 2.44. The number of nitrogens with zero attached hydrogens (tertiary/aromatic N) is 2. The third-order valence-corrected chi connectivity index (χ3v) is 6.09. The van der Waals surface area contributed by atoms with Gasteiger partial charge >= 0.3 is 0 Å². The maximum Gasteiger partial charge on any atom is 0.283 e. The number of piperazine rings is 1. The first-order chi connectivity index (χ1) is 13.9. The second-order valence-corrected chi connectivity index (χ2v) is 8.46. The van der Waals surface area contributed by atoms with Gasteiger partial charge in [0.1, 0.15) is 5.54 Å². The van der Waals surface area contributed by atoms with Crippen LogP contribution in [0.5, 0.6) is 0 Å². The molecule has 1 saturated heterocycles. The summed E-state index contributed by atoms with van der Waals surface area (Å²) in [5, 5.41) is 2.92. The molecule has 1 fully saturated rings. The van der Waals surface area contributed by atoms with Gasteiger partial charge in [-0.1, -0.05) is 30.3 Å². The van der Waals surface area contributed by atoms with Crippen LogP contribution in [-0.2, 0) is 9.59 Å². The Morgan fingerprint density at radius 1 is 1.03 bits per heavy atom. The van der Waals surface area contributed by atoms with Gasteiger partial charge in [-0.3, -0.25) is 14.5 Å². The smallest absolute Gasteiger partial charge is 0.283 e. The molecule has 152 valence electrons. The molecule has 2 N–H and O–H groups in total. The van der Waals surface area contributed by atoms with Crippen LogP contribution in [0.3, 0.4) is 0 Å². The summed E-state index contributed by atoms with van der Waals surface area (Å²) in [5.41, 5.74) is 3.13. The van der Waals surface area contributed by atoms with Crippen molar-refractivity contribution in [3.63, 3.8) is 0 Å². The molecule has 0 unspecified atom stereocenters. The van der Waals surface area contributed by atoms with Crippen LogP contribution in [0.15, 0.2) is 48.5 Å². The van der Waals surface area contributed by atoms with Crippen molar-refractivity contribution in [3.8, 4) is 0 Å². The summed E-state index contributed by atoms with van der Waals surface area (Å²) in [5.74, 6) is -0.152. The highest BCUT2D eigenvalue weighted by Crippen LogP contribution is 2.36. The summed E-state index contributed by atoms with van der Waals surface area (Å²) in [6, 6.07) is 16.0. The van der Waals surface area contributed by atoms with Crippen molar-refractivity contribution >= 4 is 28.9 Å². The molecule has 0 bridgehead atoms. The van der Waals surface area contributed by atoms with E-state index >= 15 is 0 Å². The van der Waals surface area contributed by atoms with Crippen molar-refractivity contribution in [3.05, 3.63) is 54.1 Å². The number of quaternary nitrogens is 1. The molecule has 0 saturated carbocycles. The van der Waals surface area contributed by atoms with Crippen LogP contribution in [0.2, 0.25) is 0 Å². The van der Waals surface area contributed by atoms with Crippen molar-refractivity contribution in [1.82, 2.24) is 0 Å². The minimum atomic E-state index is -0.909. The van der Waals surface area contributed by atoms with E-state index in [1.54, 1.807) is 4.90 Å². The standard InChI is InChI=1S/C23H28N4O2/c1-17-8-4-6-10-19(17)26-14-12-25(13-15-26)16-21(28)27-20-11-7-5-9-18(20)24-22(29)23(27,2)3/h4-11H,12-16H2,1-3H3,(H,24,29)/p+1. The van der Waals surface area contributed by atoms with Gasteiger partial charge in [0.25, 0.3) is 5.91 Å². The van der Waals surface area contributed by atoms with Gasteiger partial charge in [-0.25, -0.2) is 0 Å². The highest BCUT2D eigenvalue weighted by atomic mass is 16.2. The molecule has 6 heteroatoms. The Morgan fingerprint density at radius 2 is 1.66 bits per heavy atom. The first kappa shape index (κ1) is 19.5. The fourth-order valence-electron chi connectivity index (χ4n) is 4.35. The van der Waals surface area contributed by atoms with Crippen molar-refractivity contribution < 1.29 is 14.5 Å². The Bertz CT molecular complexity index is 932. The van der Waals surface area contributed by atoms with Crippen molar-refractivity contribution in [1.29, 1.82) is 0 Å². The van der Waals surface area contributed by atoms with Gasteiger partial charge in [0.2, 0.25) is 5.91 Å². The number of carbonyl (C=O) groups excluding carboxylic acids is 2. The number of para-hydroxylation sites is 3. The van der Waals surface area contributed by atoms with E-state index < -0.39 is 5.54 Å². The number of rotatable bonds is 3. The van der Waals surface area contributed by atoms with Crippen molar-refractivity contribution in [2.24, 2.45) is 0 Å². The van der Waals surface area contributed by atoms with Crippen LogP contribution in [0.4, 0.5) is 17.1 Å². The van der Waals surface area contributed by atoms with Gasteiger partial charge in [-0.2, -0.15) is 0 Å². The van der Waals surface area contributed by atoms with Gasteiger partial charge < -0.3 is 15.1 Å². The number of anilines is 3. The van der Waals surface area contributed by atoms with E-state index in [0.717, 1.165) is 31.9 Å². The molecule has 2 aromatic carbocycles. The van der Waals surface area contributed by atoms with E-state index in [1.165, 1.54) is 16.2 Å². The first-order valence-electron chi connectivity index (χ1n) is 10.3. The van der Waals surface area contributed by atoms with Crippen molar-refractivity contribution in [2.45, 2.75) is 26.3 Å². The summed E-state index contributed by atoms with van der Waals surface area (Å²) in [6.07, 6.45) is 0. The van der Waals surface area contributed by atoms with Crippen LogP contribution < -0.4 is 20.0 Å². The minimum absolute atomic E-state index is 0.00311. The average Bonchev–Trinajstić information content (AvgIpc) is 2.70.